The van der Waals surface area contributed by atoms with Gasteiger partial charge in [0.25, 0.3) is 0 Å². The molecule has 0 unspecified atom stereocenters. The minimum absolute atomic E-state index is 0.741. The first-order valence-electron chi connectivity index (χ1n) is 4.47. The Balaban J connectivity index is 2.39. The molecule has 0 fully saturated rings. The molecule has 0 spiro atoms. The van der Waals surface area contributed by atoms with Gasteiger partial charge in [0, 0.05) is 24.8 Å². The van der Waals surface area contributed by atoms with Crippen LogP contribution in [0.2, 0.25) is 0 Å². The van der Waals surface area contributed by atoms with E-state index < -0.39 is 0 Å². The van der Waals surface area contributed by atoms with Crippen molar-refractivity contribution in [3.63, 3.8) is 0 Å². The van der Waals surface area contributed by atoms with Crippen molar-refractivity contribution in [2.45, 2.75) is 20.4 Å². The molecule has 1 aromatic heterocycles. The zero-order valence-corrected chi connectivity index (χ0v) is 9.17. The zero-order chi connectivity index (χ0) is 10.4. The van der Waals surface area contributed by atoms with Gasteiger partial charge in [-0.3, -0.25) is 0 Å². The Labute approximate surface area is 89.2 Å². The molecule has 0 amide bonds. The van der Waals surface area contributed by atoms with Crippen LogP contribution in [0.4, 0.5) is 0 Å². The van der Waals surface area contributed by atoms with Crippen LogP contribution in [0.5, 0.6) is 0 Å². The summed E-state index contributed by atoms with van der Waals surface area (Å²) in [5.74, 6) is 0.800. The smallest absolute Gasteiger partial charge is 0.125 e. The lowest BCUT2D eigenvalue weighted by Gasteiger charge is -2.03. The second-order valence-electron chi connectivity index (χ2n) is 3.15. The van der Waals surface area contributed by atoms with E-state index in [9.17, 15) is 0 Å². The average Bonchev–Trinajstić information content (AvgIpc) is 2.17. The van der Waals surface area contributed by atoms with Gasteiger partial charge in [-0.15, -0.1) is 0 Å². The molecule has 1 N–H and O–H groups in total. The predicted molar refractivity (Wildman–Crippen MR) is 58.1 cm³/mol. The van der Waals surface area contributed by atoms with E-state index in [-0.39, 0.29) is 0 Å². The molecule has 1 aromatic rings. The molecular weight excluding hydrogens is 198 g/mol. The highest BCUT2D eigenvalue weighted by Gasteiger charge is 1.95. The van der Waals surface area contributed by atoms with Crippen molar-refractivity contribution in [1.29, 1.82) is 0 Å². The van der Waals surface area contributed by atoms with Crippen LogP contribution in [0.25, 0.3) is 0 Å². The molecule has 0 saturated heterocycles. The summed E-state index contributed by atoms with van der Waals surface area (Å²) in [6, 6.07) is 1.90. The lowest BCUT2D eigenvalue weighted by atomic mass is 10.3. The van der Waals surface area contributed by atoms with Gasteiger partial charge in [-0.2, -0.15) is 0 Å². The fourth-order valence-corrected chi connectivity index (χ4v) is 1.11. The van der Waals surface area contributed by atoms with Crippen LogP contribution in [0, 0.1) is 6.92 Å². The second kappa shape index (κ2) is 5.73. The Morgan fingerprint density at radius 2 is 2.43 bits per heavy atom. The van der Waals surface area contributed by atoms with Crippen molar-refractivity contribution in [3.8, 4) is 0 Å². The van der Waals surface area contributed by atoms with E-state index in [1.54, 1.807) is 11.7 Å². The topological polar surface area (TPSA) is 37.8 Å². The molecule has 0 radical (unpaired) electrons. The van der Waals surface area contributed by atoms with Crippen molar-refractivity contribution in [1.82, 2.24) is 15.3 Å². The first-order valence-corrected chi connectivity index (χ1v) is 4.91. The summed E-state index contributed by atoms with van der Waals surface area (Å²) in [5.41, 5.74) is 3.69. The normalized spacial score (nSPS) is 11.8. The minimum Gasteiger partial charge on any atom is -0.307 e. The maximum atomic E-state index is 5.53. The van der Waals surface area contributed by atoms with Crippen LogP contribution >= 0.6 is 11.6 Å². The maximum absolute atomic E-state index is 5.53. The second-order valence-corrected chi connectivity index (χ2v) is 3.37. The summed E-state index contributed by atoms with van der Waals surface area (Å²) in [6.45, 7) is 5.39. The minimum atomic E-state index is 0.741. The van der Waals surface area contributed by atoms with Crippen LogP contribution in [-0.4, -0.2) is 16.5 Å². The summed E-state index contributed by atoms with van der Waals surface area (Å²) in [4.78, 5) is 8.30. The highest BCUT2D eigenvalue weighted by molar-refractivity contribution is 6.25. The highest BCUT2D eigenvalue weighted by Crippen LogP contribution is 1.96. The van der Waals surface area contributed by atoms with Gasteiger partial charge in [0.15, 0.2) is 0 Å². The average molecular weight is 212 g/mol. The molecule has 1 rings (SSSR count). The van der Waals surface area contributed by atoms with Crippen LogP contribution in [0.15, 0.2) is 23.4 Å². The van der Waals surface area contributed by atoms with Gasteiger partial charge in [-0.05, 0) is 25.5 Å². The number of aryl methyl sites for hydroxylation is 1. The van der Waals surface area contributed by atoms with Gasteiger partial charge >= 0.3 is 0 Å². The van der Waals surface area contributed by atoms with Crippen LogP contribution in [0.1, 0.15) is 18.4 Å². The standard InChI is InChI=1S/C10H14ClN3/c1-8(5-11)6-12-7-10-3-4-13-9(2)14-10/h3-5,12H,6-7H2,1-2H3/b8-5-. The van der Waals surface area contributed by atoms with E-state index in [0.29, 0.717) is 0 Å². The Bertz CT molecular complexity index is 323. The third-order valence-corrected chi connectivity index (χ3v) is 2.10. The van der Waals surface area contributed by atoms with Gasteiger partial charge in [0.1, 0.15) is 5.82 Å². The number of aromatic nitrogens is 2. The van der Waals surface area contributed by atoms with Crippen LogP contribution < -0.4 is 5.32 Å². The summed E-state index contributed by atoms with van der Waals surface area (Å²) < 4.78 is 0. The molecule has 0 aromatic carbocycles. The van der Waals surface area contributed by atoms with Crippen LogP contribution in [-0.2, 0) is 6.54 Å². The van der Waals surface area contributed by atoms with Gasteiger partial charge in [-0.1, -0.05) is 11.6 Å². The van der Waals surface area contributed by atoms with Gasteiger partial charge in [0.2, 0.25) is 0 Å². The van der Waals surface area contributed by atoms with E-state index in [2.05, 4.69) is 15.3 Å². The van der Waals surface area contributed by atoms with Gasteiger partial charge in [-0.25, -0.2) is 9.97 Å². The monoisotopic (exact) mass is 211 g/mol. The Morgan fingerprint density at radius 3 is 3.07 bits per heavy atom. The number of hydrogen-bond donors (Lipinski definition) is 1. The number of nitrogens with zero attached hydrogens (tertiary/aromatic N) is 2. The first-order chi connectivity index (χ1) is 6.72. The number of nitrogens with one attached hydrogen (secondary N) is 1. The van der Waals surface area contributed by atoms with Gasteiger partial charge in [0.05, 0.1) is 5.69 Å². The molecule has 0 aliphatic rings. The van der Waals surface area contributed by atoms with E-state index in [4.69, 9.17) is 11.6 Å². The van der Waals surface area contributed by atoms with Crippen molar-refractivity contribution in [3.05, 3.63) is 34.9 Å². The molecule has 1 heterocycles. The zero-order valence-electron chi connectivity index (χ0n) is 8.42. The van der Waals surface area contributed by atoms with E-state index in [1.165, 1.54) is 0 Å². The van der Waals surface area contributed by atoms with Gasteiger partial charge < -0.3 is 5.32 Å². The SMILES string of the molecule is C/C(=C/Cl)CNCc1ccnc(C)n1. The molecule has 0 aliphatic carbocycles. The van der Waals surface area contributed by atoms with E-state index in [1.807, 2.05) is 19.9 Å². The molecule has 14 heavy (non-hydrogen) atoms. The number of rotatable bonds is 4. The molecule has 76 valence electrons. The lowest BCUT2D eigenvalue weighted by Crippen LogP contribution is -2.16. The number of halogens is 1. The third-order valence-electron chi connectivity index (χ3n) is 1.73. The summed E-state index contributed by atoms with van der Waals surface area (Å²) in [7, 11) is 0. The Kier molecular flexibility index (Phi) is 4.56. The summed E-state index contributed by atoms with van der Waals surface area (Å²) in [5, 5.41) is 3.24. The maximum Gasteiger partial charge on any atom is 0.125 e. The molecule has 0 bridgehead atoms. The molecule has 4 heteroatoms. The summed E-state index contributed by atoms with van der Waals surface area (Å²) in [6.07, 6.45) is 1.77. The first kappa shape index (κ1) is 11.1. The quantitative estimate of drug-likeness (QED) is 0.828. The van der Waals surface area contributed by atoms with E-state index in [0.717, 1.165) is 30.2 Å². The lowest BCUT2D eigenvalue weighted by molar-refractivity contribution is 0.716. The highest BCUT2D eigenvalue weighted by atomic mass is 35.5. The molecule has 0 aliphatic heterocycles. The number of hydrogen-bond acceptors (Lipinski definition) is 3. The van der Waals surface area contributed by atoms with E-state index >= 15 is 0 Å². The van der Waals surface area contributed by atoms with Crippen LogP contribution in [0.3, 0.4) is 0 Å². The third kappa shape index (κ3) is 3.85. The Hall–Kier alpha value is -0.930. The van der Waals surface area contributed by atoms with Crippen molar-refractivity contribution < 1.29 is 0 Å². The van der Waals surface area contributed by atoms with Crippen molar-refractivity contribution in [2.24, 2.45) is 0 Å². The fraction of sp³-hybridized carbons (Fsp3) is 0.400. The van der Waals surface area contributed by atoms with Crippen molar-refractivity contribution >= 4 is 11.6 Å². The van der Waals surface area contributed by atoms with Crippen molar-refractivity contribution in [2.75, 3.05) is 6.54 Å². The molecule has 3 nitrogen and oxygen atoms in total. The fourth-order valence-electron chi connectivity index (χ4n) is 1.03. The molecular formula is C10H14ClN3. The molecule has 0 atom stereocenters. The Morgan fingerprint density at radius 1 is 1.64 bits per heavy atom. The molecule has 0 saturated carbocycles. The summed E-state index contributed by atoms with van der Waals surface area (Å²) >= 11 is 5.53. The predicted octanol–water partition coefficient (Wildman–Crippen LogP) is 2.02. The largest absolute Gasteiger partial charge is 0.307 e.